The number of hydrogen-bond acceptors (Lipinski definition) is 6. The second kappa shape index (κ2) is 8.18. The lowest BCUT2D eigenvalue weighted by Gasteiger charge is -2.16. The number of aromatic nitrogens is 1. The topological polar surface area (TPSA) is 91.7 Å². The minimum absolute atomic E-state index is 0.0874. The van der Waals surface area contributed by atoms with Gasteiger partial charge in [-0.2, -0.15) is 0 Å². The van der Waals surface area contributed by atoms with E-state index < -0.39 is 21.9 Å². The van der Waals surface area contributed by atoms with E-state index in [1.54, 1.807) is 19.9 Å². The molecule has 0 aliphatic carbocycles. The maximum absolute atomic E-state index is 12.4. The van der Waals surface area contributed by atoms with Crippen LogP contribution < -0.4 is 0 Å². The van der Waals surface area contributed by atoms with Gasteiger partial charge < -0.3 is 14.0 Å². The molecule has 1 aromatic heterocycles. The van der Waals surface area contributed by atoms with Crippen LogP contribution in [-0.2, 0) is 24.1 Å². The molecule has 0 aromatic carbocycles. The van der Waals surface area contributed by atoms with Crippen molar-refractivity contribution in [3.05, 3.63) is 35.7 Å². The maximum atomic E-state index is 12.4. The highest BCUT2D eigenvalue weighted by molar-refractivity contribution is 7.91. The Bertz CT molecular complexity index is 808. The molecule has 0 spiro atoms. The molecule has 0 amide bonds. The third-order valence-electron chi connectivity index (χ3n) is 4.50. The Labute approximate surface area is 153 Å². The minimum Gasteiger partial charge on any atom is -0.455 e. The molecule has 144 valence electrons. The van der Waals surface area contributed by atoms with Gasteiger partial charge in [0.1, 0.15) is 0 Å². The van der Waals surface area contributed by atoms with Gasteiger partial charge in [0.05, 0.1) is 18.1 Å². The lowest BCUT2D eigenvalue weighted by Crippen LogP contribution is -2.26. The number of sulfone groups is 1. The number of rotatable bonds is 8. The fourth-order valence-electron chi connectivity index (χ4n) is 3.21. The standard InChI is InChI=1S/C18H25NO6S/c1-5-7-24-14(4)18(21)25-10-17(20)16-9-12(2)19(13(16)3)15-6-8-26(22,23)11-15/h5,9,14-15H,1,6-8,10-11H2,2-4H3. The molecule has 2 heterocycles. The van der Waals surface area contributed by atoms with Crippen molar-refractivity contribution < 1.29 is 27.5 Å². The minimum atomic E-state index is -3.02. The molecule has 1 aromatic rings. The molecule has 0 bridgehead atoms. The number of hydrogen-bond donors (Lipinski definition) is 0. The van der Waals surface area contributed by atoms with Crippen molar-refractivity contribution in [1.29, 1.82) is 0 Å². The van der Waals surface area contributed by atoms with Crippen LogP contribution in [-0.4, -0.2) is 55.6 Å². The Morgan fingerprint density at radius 2 is 2.12 bits per heavy atom. The van der Waals surface area contributed by atoms with Crippen molar-refractivity contribution in [2.24, 2.45) is 0 Å². The lowest BCUT2D eigenvalue weighted by atomic mass is 10.1. The van der Waals surface area contributed by atoms with Gasteiger partial charge in [-0.05, 0) is 33.3 Å². The average molecular weight is 383 g/mol. The average Bonchev–Trinajstić information content (AvgIpc) is 3.08. The molecule has 26 heavy (non-hydrogen) atoms. The highest BCUT2D eigenvalue weighted by Gasteiger charge is 2.31. The number of aryl methyl sites for hydroxylation is 1. The summed E-state index contributed by atoms with van der Waals surface area (Å²) in [6.45, 7) is 8.50. The SMILES string of the molecule is C=CCOC(C)C(=O)OCC(=O)c1cc(C)n(C2CCS(=O)(=O)C2)c1C. The molecule has 1 aliphatic rings. The fraction of sp³-hybridized carbons (Fsp3) is 0.556. The molecule has 0 radical (unpaired) electrons. The van der Waals surface area contributed by atoms with E-state index in [0.29, 0.717) is 17.7 Å². The van der Waals surface area contributed by atoms with Gasteiger partial charge in [0.15, 0.2) is 22.5 Å². The van der Waals surface area contributed by atoms with Gasteiger partial charge in [0.25, 0.3) is 0 Å². The van der Waals surface area contributed by atoms with Gasteiger partial charge in [-0.25, -0.2) is 13.2 Å². The summed E-state index contributed by atoms with van der Waals surface area (Å²) in [5, 5.41) is 0. The number of nitrogens with zero attached hydrogens (tertiary/aromatic N) is 1. The van der Waals surface area contributed by atoms with Gasteiger partial charge in [-0.15, -0.1) is 6.58 Å². The van der Waals surface area contributed by atoms with E-state index in [2.05, 4.69) is 6.58 Å². The second-order valence-corrected chi connectivity index (χ2v) is 8.74. The predicted molar refractivity (Wildman–Crippen MR) is 97.1 cm³/mol. The van der Waals surface area contributed by atoms with Crippen LogP contribution >= 0.6 is 0 Å². The van der Waals surface area contributed by atoms with Crippen molar-refractivity contribution in [3.8, 4) is 0 Å². The van der Waals surface area contributed by atoms with E-state index in [9.17, 15) is 18.0 Å². The molecule has 0 N–H and O–H groups in total. The van der Waals surface area contributed by atoms with Crippen LogP contribution in [0.3, 0.4) is 0 Å². The van der Waals surface area contributed by atoms with Crippen LogP contribution in [0, 0.1) is 13.8 Å². The summed E-state index contributed by atoms with van der Waals surface area (Å²) in [6, 6.07) is 1.56. The predicted octanol–water partition coefficient (Wildman–Crippen LogP) is 1.78. The van der Waals surface area contributed by atoms with E-state index in [4.69, 9.17) is 9.47 Å². The van der Waals surface area contributed by atoms with Crippen molar-refractivity contribution >= 4 is 21.6 Å². The van der Waals surface area contributed by atoms with Crippen LogP contribution in [0.5, 0.6) is 0 Å². The highest BCUT2D eigenvalue weighted by atomic mass is 32.2. The quantitative estimate of drug-likeness (QED) is 0.386. The van der Waals surface area contributed by atoms with Gasteiger partial charge in [0, 0.05) is 23.0 Å². The van der Waals surface area contributed by atoms with Crippen molar-refractivity contribution in [2.75, 3.05) is 24.7 Å². The van der Waals surface area contributed by atoms with Crippen LogP contribution in [0.15, 0.2) is 18.7 Å². The molecule has 2 rings (SSSR count). The van der Waals surface area contributed by atoms with Crippen LogP contribution in [0.25, 0.3) is 0 Å². The van der Waals surface area contributed by atoms with E-state index in [1.807, 2.05) is 11.5 Å². The third kappa shape index (κ3) is 4.62. The van der Waals surface area contributed by atoms with E-state index in [0.717, 1.165) is 5.69 Å². The molecule has 1 fully saturated rings. The van der Waals surface area contributed by atoms with Gasteiger partial charge in [0.2, 0.25) is 5.78 Å². The molecular formula is C18H25NO6S. The maximum Gasteiger partial charge on any atom is 0.335 e. The normalized spacial score (nSPS) is 19.9. The van der Waals surface area contributed by atoms with E-state index >= 15 is 0 Å². The zero-order valence-electron chi connectivity index (χ0n) is 15.4. The molecule has 2 unspecified atom stereocenters. The van der Waals surface area contributed by atoms with Gasteiger partial charge in [-0.1, -0.05) is 6.08 Å². The second-order valence-electron chi connectivity index (χ2n) is 6.51. The molecule has 0 saturated carbocycles. The molecule has 1 saturated heterocycles. The molecular weight excluding hydrogens is 358 g/mol. The summed E-state index contributed by atoms with van der Waals surface area (Å²) in [7, 11) is -3.02. The van der Waals surface area contributed by atoms with Crippen molar-refractivity contribution in [1.82, 2.24) is 4.57 Å². The van der Waals surface area contributed by atoms with Crippen molar-refractivity contribution in [3.63, 3.8) is 0 Å². The first-order valence-electron chi connectivity index (χ1n) is 8.47. The number of Topliss-reactive ketones (excluding diaryl/α,β-unsaturated/α-hetero) is 1. The fourth-order valence-corrected chi connectivity index (χ4v) is 4.91. The number of carbonyl (C=O) groups excluding carboxylic acids is 2. The molecule has 8 heteroatoms. The van der Waals surface area contributed by atoms with E-state index in [1.165, 1.54) is 6.08 Å². The Morgan fingerprint density at radius 1 is 1.42 bits per heavy atom. The van der Waals surface area contributed by atoms with E-state index in [-0.39, 0.29) is 36.5 Å². The molecule has 1 aliphatic heterocycles. The number of ketones is 1. The highest BCUT2D eigenvalue weighted by Crippen LogP contribution is 2.29. The molecule has 7 nitrogen and oxygen atoms in total. The largest absolute Gasteiger partial charge is 0.455 e. The van der Waals surface area contributed by atoms with Crippen LogP contribution in [0.1, 0.15) is 41.1 Å². The first-order chi connectivity index (χ1) is 12.2. The summed E-state index contributed by atoms with van der Waals surface area (Å²) in [6.07, 6.45) is 1.28. The number of esters is 1. The van der Waals surface area contributed by atoms with Crippen molar-refractivity contribution in [2.45, 2.75) is 39.3 Å². The third-order valence-corrected chi connectivity index (χ3v) is 6.25. The number of carbonyl (C=O) groups is 2. The summed E-state index contributed by atoms with van der Waals surface area (Å²) in [5.41, 5.74) is 1.96. The van der Waals surface area contributed by atoms with Crippen LogP contribution in [0.2, 0.25) is 0 Å². The van der Waals surface area contributed by atoms with Crippen LogP contribution in [0.4, 0.5) is 0 Å². The first-order valence-corrected chi connectivity index (χ1v) is 10.3. The summed E-state index contributed by atoms with van der Waals surface area (Å²) >= 11 is 0. The first kappa shape index (κ1) is 20.4. The summed E-state index contributed by atoms with van der Waals surface area (Å²) in [5.74, 6) is -0.687. The summed E-state index contributed by atoms with van der Waals surface area (Å²) in [4.78, 5) is 24.3. The summed E-state index contributed by atoms with van der Waals surface area (Å²) < 4.78 is 35.6. The van der Waals surface area contributed by atoms with Gasteiger partial charge >= 0.3 is 5.97 Å². The zero-order valence-corrected chi connectivity index (χ0v) is 16.2. The Morgan fingerprint density at radius 3 is 2.69 bits per heavy atom. The number of ether oxygens (including phenoxy) is 2. The van der Waals surface area contributed by atoms with Gasteiger partial charge in [-0.3, -0.25) is 4.79 Å². The Hall–Kier alpha value is -1.93. The Balaban J connectivity index is 2.05. The molecule has 2 atom stereocenters. The Kier molecular flexibility index (Phi) is 6.41. The smallest absolute Gasteiger partial charge is 0.335 e. The monoisotopic (exact) mass is 383 g/mol. The zero-order chi connectivity index (χ0) is 19.5. The lowest BCUT2D eigenvalue weighted by molar-refractivity contribution is -0.154.